The van der Waals surface area contributed by atoms with Crippen molar-refractivity contribution in [2.45, 2.75) is 39.7 Å². The number of carbonyl (C=O) groups excluding carboxylic acids is 1. The molecule has 1 fully saturated rings. The minimum atomic E-state index is -0.111. The highest BCUT2D eigenvalue weighted by atomic mass is 35.5. The van der Waals surface area contributed by atoms with Gasteiger partial charge >= 0.3 is 0 Å². The van der Waals surface area contributed by atoms with Crippen molar-refractivity contribution in [1.29, 1.82) is 0 Å². The summed E-state index contributed by atoms with van der Waals surface area (Å²) in [5.41, 5.74) is 7.36. The average molecular weight is 393 g/mol. The van der Waals surface area contributed by atoms with Gasteiger partial charge in [0.25, 0.3) is 5.91 Å². The largest absolute Gasteiger partial charge is 0.489 e. The van der Waals surface area contributed by atoms with Crippen LogP contribution in [0.1, 0.15) is 44.1 Å². The molecule has 1 aliphatic heterocycles. The van der Waals surface area contributed by atoms with E-state index in [0.717, 1.165) is 18.5 Å². The normalized spacial score (nSPS) is 18.7. The second kappa shape index (κ2) is 8.76. The number of piperidine rings is 1. The van der Waals surface area contributed by atoms with E-state index in [9.17, 15) is 4.79 Å². The summed E-state index contributed by atoms with van der Waals surface area (Å²) in [6.07, 6.45) is 3.46. The van der Waals surface area contributed by atoms with Gasteiger partial charge in [-0.1, -0.05) is 39.0 Å². The van der Waals surface area contributed by atoms with E-state index < -0.39 is 0 Å². The number of para-hydroxylation sites is 1. The van der Waals surface area contributed by atoms with Crippen LogP contribution in [0.25, 0.3) is 5.69 Å². The molecule has 1 atom stereocenters. The predicted octanol–water partition coefficient (Wildman–Crippen LogP) is 3.28. The molecule has 1 aliphatic rings. The lowest BCUT2D eigenvalue weighted by Gasteiger charge is -2.42. The summed E-state index contributed by atoms with van der Waals surface area (Å²) in [5, 5.41) is 4.54. The Kier molecular flexibility index (Phi) is 6.89. The first-order valence-corrected chi connectivity index (χ1v) is 9.25. The van der Waals surface area contributed by atoms with Crippen LogP contribution in [0.3, 0.4) is 0 Å². The highest BCUT2D eigenvalue weighted by Crippen LogP contribution is 2.30. The van der Waals surface area contributed by atoms with Gasteiger partial charge in [0.15, 0.2) is 11.4 Å². The first-order chi connectivity index (χ1) is 12.4. The molecule has 7 heteroatoms. The highest BCUT2D eigenvalue weighted by Gasteiger charge is 2.37. The third-order valence-corrected chi connectivity index (χ3v) is 4.97. The smallest absolute Gasteiger partial charge is 0.278 e. The molecule has 1 aromatic carbocycles. The molecule has 0 radical (unpaired) electrons. The number of benzene rings is 1. The van der Waals surface area contributed by atoms with Gasteiger partial charge < -0.3 is 15.4 Å². The molecular weight excluding hydrogens is 364 g/mol. The Morgan fingerprint density at radius 3 is 2.67 bits per heavy atom. The third-order valence-electron chi connectivity index (χ3n) is 4.97. The van der Waals surface area contributed by atoms with E-state index >= 15 is 0 Å². The summed E-state index contributed by atoms with van der Waals surface area (Å²) in [5.74, 6) is 0.444. The summed E-state index contributed by atoms with van der Waals surface area (Å²) in [6, 6.07) is 9.84. The molecule has 6 nitrogen and oxygen atoms in total. The molecule has 0 aliphatic carbocycles. The Morgan fingerprint density at radius 2 is 2.04 bits per heavy atom. The van der Waals surface area contributed by atoms with E-state index in [0.29, 0.717) is 31.1 Å². The summed E-state index contributed by atoms with van der Waals surface area (Å²) in [7, 11) is 0. The fourth-order valence-electron chi connectivity index (χ4n) is 3.23. The van der Waals surface area contributed by atoms with Crippen LogP contribution in [0.15, 0.2) is 36.5 Å². The van der Waals surface area contributed by atoms with E-state index in [1.807, 2.05) is 42.2 Å². The number of aromatic nitrogens is 2. The number of hydrogen-bond acceptors (Lipinski definition) is 4. The van der Waals surface area contributed by atoms with Crippen molar-refractivity contribution in [3.05, 3.63) is 42.2 Å². The number of amides is 1. The molecule has 1 unspecified atom stereocenters. The number of nitrogens with two attached hydrogens (primary N) is 1. The third kappa shape index (κ3) is 4.62. The Hall–Kier alpha value is -2.05. The maximum Gasteiger partial charge on any atom is 0.278 e. The number of carbonyl (C=O) groups is 1. The summed E-state index contributed by atoms with van der Waals surface area (Å²) in [4.78, 5) is 15.0. The number of likely N-dealkylation sites (tertiary alicyclic amines) is 1. The van der Waals surface area contributed by atoms with Crippen LogP contribution in [-0.4, -0.2) is 46.3 Å². The first-order valence-electron chi connectivity index (χ1n) is 9.25. The minimum absolute atomic E-state index is 0. The maximum absolute atomic E-state index is 13.2. The lowest BCUT2D eigenvalue weighted by Crippen LogP contribution is -2.54. The summed E-state index contributed by atoms with van der Waals surface area (Å²) >= 11 is 0. The highest BCUT2D eigenvalue weighted by molar-refractivity contribution is 5.95. The fraction of sp³-hybridized carbons (Fsp3) is 0.500. The number of rotatable bonds is 5. The second-order valence-corrected chi connectivity index (χ2v) is 7.58. The van der Waals surface area contributed by atoms with Gasteiger partial charge in [-0.3, -0.25) is 4.79 Å². The lowest BCUT2D eigenvalue weighted by atomic mass is 9.79. The lowest BCUT2D eigenvalue weighted by molar-refractivity contribution is 0.0523. The molecular formula is C20H29ClN4O2. The molecule has 1 aromatic heterocycles. The quantitative estimate of drug-likeness (QED) is 0.847. The Labute approximate surface area is 167 Å². The van der Waals surface area contributed by atoms with Gasteiger partial charge in [-0.15, -0.1) is 12.4 Å². The van der Waals surface area contributed by atoms with Crippen LogP contribution in [0.4, 0.5) is 0 Å². The van der Waals surface area contributed by atoms with Crippen LogP contribution in [0.2, 0.25) is 0 Å². The molecule has 2 aromatic rings. The standard InChI is InChI=1S/C20H28N4O2.ClH/c1-4-12-26-16-13-24(15-8-6-5-7-9-15)22-18(16)19(25)23-11-10-17(21)20(2,3)14-23;/h5-9,13,17H,4,10-12,14,21H2,1-3H3;1H. The van der Waals surface area contributed by atoms with Gasteiger partial charge in [0, 0.05) is 19.1 Å². The van der Waals surface area contributed by atoms with Crippen molar-refractivity contribution in [3.63, 3.8) is 0 Å². The zero-order valence-corrected chi connectivity index (χ0v) is 17.0. The van der Waals surface area contributed by atoms with Gasteiger partial charge in [0.2, 0.25) is 0 Å². The Balaban J connectivity index is 0.00000261. The van der Waals surface area contributed by atoms with Crippen LogP contribution in [-0.2, 0) is 0 Å². The van der Waals surface area contributed by atoms with Gasteiger partial charge in [-0.05, 0) is 30.4 Å². The van der Waals surface area contributed by atoms with Crippen molar-refractivity contribution < 1.29 is 9.53 Å². The van der Waals surface area contributed by atoms with Gasteiger partial charge in [-0.2, -0.15) is 5.10 Å². The summed E-state index contributed by atoms with van der Waals surface area (Å²) in [6.45, 7) is 8.07. The minimum Gasteiger partial charge on any atom is -0.489 e. The van der Waals surface area contributed by atoms with Gasteiger partial charge in [0.1, 0.15) is 0 Å². The van der Waals surface area contributed by atoms with Crippen molar-refractivity contribution >= 4 is 18.3 Å². The van der Waals surface area contributed by atoms with Crippen molar-refractivity contribution in [3.8, 4) is 11.4 Å². The van der Waals surface area contributed by atoms with E-state index in [1.54, 1.807) is 10.9 Å². The molecule has 3 rings (SSSR count). The first kappa shape index (κ1) is 21.3. The predicted molar refractivity (Wildman–Crippen MR) is 109 cm³/mol. The molecule has 1 amide bonds. The Morgan fingerprint density at radius 1 is 1.33 bits per heavy atom. The van der Waals surface area contributed by atoms with Crippen LogP contribution in [0, 0.1) is 5.41 Å². The molecule has 0 spiro atoms. The average Bonchev–Trinajstić information content (AvgIpc) is 3.06. The van der Waals surface area contributed by atoms with Crippen molar-refractivity contribution in [2.75, 3.05) is 19.7 Å². The number of nitrogens with zero attached hydrogens (tertiary/aromatic N) is 3. The van der Waals surface area contributed by atoms with E-state index in [-0.39, 0.29) is 29.8 Å². The van der Waals surface area contributed by atoms with Crippen LogP contribution in [0.5, 0.6) is 5.75 Å². The van der Waals surface area contributed by atoms with Crippen molar-refractivity contribution in [2.24, 2.45) is 11.1 Å². The monoisotopic (exact) mass is 392 g/mol. The number of hydrogen-bond donors (Lipinski definition) is 1. The fourth-order valence-corrected chi connectivity index (χ4v) is 3.23. The van der Waals surface area contributed by atoms with Crippen LogP contribution >= 0.6 is 12.4 Å². The number of halogens is 1. The van der Waals surface area contributed by atoms with Crippen LogP contribution < -0.4 is 10.5 Å². The van der Waals surface area contributed by atoms with Gasteiger partial charge in [0.05, 0.1) is 18.5 Å². The SMILES string of the molecule is CCCOc1cn(-c2ccccc2)nc1C(=O)N1CCC(N)C(C)(C)C1.Cl. The zero-order valence-electron chi connectivity index (χ0n) is 16.2. The van der Waals surface area contributed by atoms with Crippen molar-refractivity contribution in [1.82, 2.24) is 14.7 Å². The van der Waals surface area contributed by atoms with Gasteiger partial charge in [-0.25, -0.2) is 4.68 Å². The second-order valence-electron chi connectivity index (χ2n) is 7.58. The number of ether oxygens (including phenoxy) is 1. The van der Waals surface area contributed by atoms with E-state index in [4.69, 9.17) is 10.5 Å². The zero-order chi connectivity index (χ0) is 18.7. The molecule has 2 N–H and O–H groups in total. The van der Waals surface area contributed by atoms with E-state index in [2.05, 4.69) is 18.9 Å². The molecule has 0 bridgehead atoms. The maximum atomic E-state index is 13.2. The molecule has 27 heavy (non-hydrogen) atoms. The molecule has 2 heterocycles. The van der Waals surface area contributed by atoms with E-state index in [1.165, 1.54) is 0 Å². The topological polar surface area (TPSA) is 73.4 Å². The molecule has 0 saturated carbocycles. The molecule has 1 saturated heterocycles. The Bertz CT molecular complexity index is 761. The molecule has 148 valence electrons. The summed E-state index contributed by atoms with van der Waals surface area (Å²) < 4.78 is 7.53.